The average molecular weight is 625 g/mol. The second-order valence-electron chi connectivity index (χ2n) is 10.1. The number of nitrogens with zero attached hydrogens (tertiary/aromatic N) is 3. The summed E-state index contributed by atoms with van der Waals surface area (Å²) in [6.45, 7) is 0.0623. The van der Waals surface area contributed by atoms with Crippen LogP contribution in [0.4, 0.5) is 5.95 Å². The molecule has 2 amide bonds. The van der Waals surface area contributed by atoms with E-state index < -0.39 is 5.91 Å². The van der Waals surface area contributed by atoms with Crippen LogP contribution in [0.2, 0.25) is 5.02 Å². The lowest BCUT2D eigenvalue weighted by Gasteiger charge is -2.23. The van der Waals surface area contributed by atoms with Gasteiger partial charge in [-0.25, -0.2) is 4.98 Å². The van der Waals surface area contributed by atoms with E-state index in [1.807, 2.05) is 48.5 Å². The molecule has 0 aliphatic carbocycles. The minimum absolute atomic E-state index is 0.0911. The molecule has 228 valence electrons. The number of hydrogen-bond acceptors (Lipinski definition) is 7. The summed E-state index contributed by atoms with van der Waals surface area (Å²) in [4.78, 5) is 33.7. The Bertz CT molecular complexity index is 1840. The lowest BCUT2D eigenvalue weighted by atomic mass is 10.1. The summed E-state index contributed by atoms with van der Waals surface area (Å²) in [5.41, 5.74) is 3.33. The van der Waals surface area contributed by atoms with Crippen LogP contribution in [0.15, 0.2) is 97.2 Å². The summed E-state index contributed by atoms with van der Waals surface area (Å²) in [6.07, 6.45) is 1.81. The van der Waals surface area contributed by atoms with Crippen molar-refractivity contribution in [2.24, 2.45) is 0 Å². The van der Waals surface area contributed by atoms with Crippen molar-refractivity contribution in [2.45, 2.75) is 6.54 Å². The van der Waals surface area contributed by atoms with Gasteiger partial charge in [-0.2, -0.15) is 0 Å². The van der Waals surface area contributed by atoms with Gasteiger partial charge in [0, 0.05) is 35.0 Å². The fraction of sp³-hybridized carbons (Fsp3) is 0.147. The molecular formula is C34H29ClN4O6. The lowest BCUT2D eigenvalue weighted by Crippen LogP contribution is -2.38. The minimum Gasteiger partial charge on any atom is -0.493 e. The van der Waals surface area contributed by atoms with Gasteiger partial charge in [-0.1, -0.05) is 54.1 Å². The van der Waals surface area contributed by atoms with Gasteiger partial charge in [0.25, 0.3) is 5.91 Å². The smallest absolute Gasteiger partial charge is 0.254 e. The van der Waals surface area contributed by atoms with E-state index in [-0.39, 0.29) is 31.7 Å². The van der Waals surface area contributed by atoms with Crippen LogP contribution in [0.25, 0.3) is 16.9 Å². The zero-order valence-corrected chi connectivity index (χ0v) is 25.3. The highest BCUT2D eigenvalue weighted by molar-refractivity contribution is 6.30. The maximum atomic E-state index is 13.8. The zero-order chi connectivity index (χ0) is 31.3. The molecule has 0 fully saturated rings. The van der Waals surface area contributed by atoms with Crippen molar-refractivity contribution in [3.63, 3.8) is 0 Å². The number of halogens is 1. The number of imidazole rings is 1. The highest BCUT2D eigenvalue weighted by Crippen LogP contribution is 2.34. The molecule has 1 aliphatic rings. The third-order valence-electron chi connectivity index (χ3n) is 7.20. The van der Waals surface area contributed by atoms with Gasteiger partial charge in [-0.05, 0) is 48.0 Å². The number of rotatable bonds is 10. The van der Waals surface area contributed by atoms with Crippen molar-refractivity contribution in [2.75, 3.05) is 32.9 Å². The van der Waals surface area contributed by atoms with Gasteiger partial charge in [0.15, 0.2) is 23.0 Å². The Kier molecular flexibility index (Phi) is 8.56. The normalized spacial score (nSPS) is 11.6. The predicted molar refractivity (Wildman–Crippen MR) is 169 cm³/mol. The van der Waals surface area contributed by atoms with Crippen LogP contribution in [0, 0.1) is 0 Å². The van der Waals surface area contributed by atoms with Gasteiger partial charge in [0.1, 0.15) is 6.54 Å². The third kappa shape index (κ3) is 6.56. The average Bonchev–Trinajstić information content (AvgIpc) is 3.71. The molecule has 4 aromatic carbocycles. The van der Waals surface area contributed by atoms with Crippen molar-refractivity contribution in [1.29, 1.82) is 0 Å². The number of carbonyl (C=O) groups excluding carboxylic acids is 2. The molecule has 1 N–H and O–H groups in total. The monoisotopic (exact) mass is 624 g/mol. The number of anilines is 1. The van der Waals surface area contributed by atoms with E-state index in [0.29, 0.717) is 45.0 Å². The second kappa shape index (κ2) is 13.0. The molecule has 0 saturated carbocycles. The number of ether oxygens (including phenoxy) is 4. The van der Waals surface area contributed by atoms with Crippen LogP contribution in [-0.2, 0) is 11.3 Å². The van der Waals surface area contributed by atoms with Crippen LogP contribution in [0.5, 0.6) is 23.0 Å². The minimum atomic E-state index is -0.435. The summed E-state index contributed by atoms with van der Waals surface area (Å²) in [5.74, 6) is 1.61. The first-order valence-corrected chi connectivity index (χ1v) is 14.4. The number of aromatic nitrogens is 2. The topological polar surface area (TPSA) is 104 Å². The molecule has 6 rings (SSSR count). The molecule has 11 heteroatoms. The summed E-state index contributed by atoms with van der Waals surface area (Å²) < 4.78 is 23.5. The zero-order valence-electron chi connectivity index (χ0n) is 24.5. The van der Waals surface area contributed by atoms with Crippen molar-refractivity contribution >= 4 is 29.4 Å². The molecule has 10 nitrogen and oxygen atoms in total. The van der Waals surface area contributed by atoms with Gasteiger partial charge < -0.3 is 23.8 Å². The summed E-state index contributed by atoms with van der Waals surface area (Å²) in [6, 6.07) is 27.1. The molecule has 0 bridgehead atoms. The summed E-state index contributed by atoms with van der Waals surface area (Å²) in [5, 5.41) is 3.51. The van der Waals surface area contributed by atoms with Crippen LogP contribution in [-0.4, -0.2) is 53.8 Å². The van der Waals surface area contributed by atoms with Gasteiger partial charge in [-0.3, -0.25) is 19.5 Å². The summed E-state index contributed by atoms with van der Waals surface area (Å²) >= 11 is 6.11. The number of fused-ring (bicyclic) bond motifs is 1. The maximum absolute atomic E-state index is 13.8. The fourth-order valence-corrected chi connectivity index (χ4v) is 5.08. The van der Waals surface area contributed by atoms with Gasteiger partial charge in [0.05, 0.1) is 25.6 Å². The Hall–Kier alpha value is -5.48. The Morgan fingerprint density at radius 3 is 2.42 bits per heavy atom. The first kappa shape index (κ1) is 29.6. The SMILES string of the molecule is COc1ccc(-n2cc(-c3ccc(Cl)cc3)nc2NC(=O)CN(Cc2ccccc2)C(=O)c2ccc3c(c2)OCO3)cc1OC. The first-order valence-electron chi connectivity index (χ1n) is 14.0. The number of methoxy groups -OCH3 is 2. The van der Waals surface area contributed by atoms with Crippen molar-refractivity contribution < 1.29 is 28.5 Å². The van der Waals surface area contributed by atoms with E-state index in [1.165, 1.54) is 4.90 Å². The molecule has 0 saturated heterocycles. The molecule has 0 radical (unpaired) electrons. The molecule has 0 spiro atoms. The van der Waals surface area contributed by atoms with Crippen LogP contribution >= 0.6 is 11.6 Å². The highest BCUT2D eigenvalue weighted by Gasteiger charge is 2.24. The molecule has 2 heterocycles. The number of benzene rings is 4. The standard InChI is InChI=1S/C34H29ClN4O6/c1-42-28-15-13-26(17-30(28)43-2)39-19-27(23-8-11-25(35)12-9-23)36-34(39)37-32(40)20-38(18-22-6-4-3-5-7-22)33(41)24-10-14-29-31(16-24)45-21-44-29/h3-17,19H,18,20-21H2,1-2H3,(H,36,37,40). The van der Waals surface area contributed by atoms with E-state index >= 15 is 0 Å². The molecule has 45 heavy (non-hydrogen) atoms. The Labute approximate surface area is 264 Å². The lowest BCUT2D eigenvalue weighted by molar-refractivity contribution is -0.117. The van der Waals surface area contributed by atoms with Crippen LogP contribution in [0.1, 0.15) is 15.9 Å². The van der Waals surface area contributed by atoms with Gasteiger partial charge in [0.2, 0.25) is 18.6 Å². The molecule has 0 unspecified atom stereocenters. The fourth-order valence-electron chi connectivity index (χ4n) is 4.95. The van der Waals surface area contributed by atoms with E-state index in [0.717, 1.165) is 11.1 Å². The van der Waals surface area contributed by atoms with Crippen molar-refractivity contribution in [3.8, 4) is 39.9 Å². The predicted octanol–water partition coefficient (Wildman–Crippen LogP) is 6.22. The Balaban J connectivity index is 1.31. The Morgan fingerprint density at radius 1 is 0.911 bits per heavy atom. The van der Waals surface area contributed by atoms with Crippen molar-refractivity contribution in [3.05, 3.63) is 113 Å². The largest absolute Gasteiger partial charge is 0.493 e. The summed E-state index contributed by atoms with van der Waals surface area (Å²) in [7, 11) is 3.11. The second-order valence-corrected chi connectivity index (χ2v) is 10.6. The van der Waals surface area contributed by atoms with Crippen molar-refractivity contribution in [1.82, 2.24) is 14.5 Å². The molecule has 1 aromatic heterocycles. The van der Waals surface area contributed by atoms with E-state index in [9.17, 15) is 9.59 Å². The van der Waals surface area contributed by atoms with E-state index in [4.69, 9.17) is 35.5 Å². The molecule has 5 aromatic rings. The number of carbonyl (C=O) groups is 2. The third-order valence-corrected chi connectivity index (χ3v) is 7.45. The van der Waals surface area contributed by atoms with Crippen LogP contribution < -0.4 is 24.3 Å². The van der Waals surface area contributed by atoms with Gasteiger partial charge in [-0.15, -0.1) is 0 Å². The highest BCUT2D eigenvalue weighted by atomic mass is 35.5. The van der Waals surface area contributed by atoms with E-state index in [2.05, 4.69) is 5.32 Å². The van der Waals surface area contributed by atoms with Gasteiger partial charge >= 0.3 is 0 Å². The number of nitrogens with one attached hydrogen (secondary N) is 1. The Morgan fingerprint density at radius 2 is 1.67 bits per heavy atom. The molecular weight excluding hydrogens is 596 g/mol. The first-order chi connectivity index (χ1) is 21.9. The van der Waals surface area contributed by atoms with E-state index in [1.54, 1.807) is 67.4 Å². The quantitative estimate of drug-likeness (QED) is 0.197. The number of hydrogen-bond donors (Lipinski definition) is 1. The molecule has 0 atom stereocenters. The maximum Gasteiger partial charge on any atom is 0.254 e. The number of amides is 2. The molecule has 1 aliphatic heterocycles. The van der Waals surface area contributed by atoms with Crippen LogP contribution in [0.3, 0.4) is 0 Å².